The van der Waals surface area contributed by atoms with Crippen LogP contribution in [0.1, 0.15) is 90.4 Å². The van der Waals surface area contributed by atoms with Gasteiger partial charge in [-0.05, 0) is 75.7 Å². The van der Waals surface area contributed by atoms with Crippen molar-refractivity contribution in [2.75, 3.05) is 13.7 Å². The SMILES string of the molecule is CCCCCC(=O)C=CC1C(OC2CCCCO2)C[C@H]2C=C(CCCC(=O)OC)CC[C@H]12. The van der Waals surface area contributed by atoms with Crippen molar-refractivity contribution >= 4 is 11.8 Å². The summed E-state index contributed by atoms with van der Waals surface area (Å²) in [5, 5.41) is 0. The first-order chi connectivity index (χ1) is 15.6. The molecule has 0 aromatic heterocycles. The number of allylic oxidation sites excluding steroid dienone is 3. The molecule has 1 saturated heterocycles. The minimum absolute atomic E-state index is 0.103. The van der Waals surface area contributed by atoms with Gasteiger partial charge in [-0.1, -0.05) is 37.5 Å². The van der Waals surface area contributed by atoms with Gasteiger partial charge in [-0.2, -0.15) is 0 Å². The van der Waals surface area contributed by atoms with E-state index in [1.54, 1.807) is 0 Å². The van der Waals surface area contributed by atoms with Crippen molar-refractivity contribution in [3.05, 3.63) is 23.8 Å². The number of hydrogen-bond acceptors (Lipinski definition) is 5. The number of methoxy groups -OCH3 is 1. The molecule has 1 aliphatic heterocycles. The molecule has 2 fully saturated rings. The highest BCUT2D eigenvalue weighted by molar-refractivity contribution is 5.89. The Bertz CT molecular complexity index is 661. The molecule has 180 valence electrons. The summed E-state index contributed by atoms with van der Waals surface area (Å²) >= 11 is 0. The third kappa shape index (κ3) is 7.55. The monoisotopic (exact) mass is 446 g/mol. The van der Waals surface area contributed by atoms with Crippen molar-refractivity contribution < 1.29 is 23.8 Å². The quantitative estimate of drug-likeness (QED) is 0.161. The minimum atomic E-state index is -0.130. The minimum Gasteiger partial charge on any atom is -0.469 e. The summed E-state index contributed by atoms with van der Waals surface area (Å²) in [7, 11) is 1.45. The number of carbonyl (C=O) groups excluding carboxylic acids is 2. The summed E-state index contributed by atoms with van der Waals surface area (Å²) in [6.07, 6.45) is 19.0. The zero-order valence-electron chi connectivity index (χ0n) is 20.1. The van der Waals surface area contributed by atoms with Crippen LogP contribution >= 0.6 is 0 Å². The summed E-state index contributed by atoms with van der Waals surface area (Å²) in [5.74, 6) is 1.38. The van der Waals surface area contributed by atoms with Crippen molar-refractivity contribution in [2.24, 2.45) is 17.8 Å². The van der Waals surface area contributed by atoms with Gasteiger partial charge in [-0.15, -0.1) is 0 Å². The number of hydrogen-bond donors (Lipinski definition) is 0. The van der Waals surface area contributed by atoms with Crippen molar-refractivity contribution in [3.8, 4) is 0 Å². The average Bonchev–Trinajstić information content (AvgIpc) is 3.14. The van der Waals surface area contributed by atoms with E-state index in [0.29, 0.717) is 24.7 Å². The third-order valence-corrected chi connectivity index (χ3v) is 7.33. The Morgan fingerprint density at radius 2 is 2.03 bits per heavy atom. The molecule has 5 heteroatoms. The van der Waals surface area contributed by atoms with Crippen LogP contribution in [0.4, 0.5) is 0 Å². The molecule has 0 N–H and O–H groups in total. The van der Waals surface area contributed by atoms with E-state index in [-0.39, 0.29) is 30.1 Å². The Morgan fingerprint density at radius 3 is 2.78 bits per heavy atom. The largest absolute Gasteiger partial charge is 0.469 e. The van der Waals surface area contributed by atoms with Gasteiger partial charge in [-0.25, -0.2) is 0 Å². The lowest BCUT2D eigenvalue weighted by atomic mass is 9.78. The first kappa shape index (κ1) is 25.2. The summed E-state index contributed by atoms with van der Waals surface area (Å²) < 4.78 is 17.1. The van der Waals surface area contributed by atoms with Crippen LogP contribution in [0.25, 0.3) is 0 Å². The van der Waals surface area contributed by atoms with Crippen LogP contribution in [0.2, 0.25) is 0 Å². The zero-order chi connectivity index (χ0) is 22.8. The Hall–Kier alpha value is -1.46. The van der Waals surface area contributed by atoms with Crippen molar-refractivity contribution in [1.29, 1.82) is 0 Å². The molecule has 0 spiro atoms. The molecule has 0 amide bonds. The fourth-order valence-electron chi connectivity index (χ4n) is 5.55. The normalized spacial score (nSPS) is 30.2. The van der Waals surface area contributed by atoms with E-state index in [9.17, 15) is 9.59 Å². The standard InChI is InChI=1S/C27H42O5/c1-3-4-5-10-22(28)14-16-24-23-15-13-20(9-8-11-26(29)30-2)18-21(23)19-25(24)32-27-12-6-7-17-31-27/h14,16,18,21,23-25,27H,3-13,15,17,19H2,1-2H3/t21-,23+,24?,25?,27?/m1/s1. The highest BCUT2D eigenvalue weighted by Crippen LogP contribution is 2.48. The van der Waals surface area contributed by atoms with Crippen LogP contribution in [-0.4, -0.2) is 37.9 Å². The molecular formula is C27H42O5. The fraction of sp³-hybridized carbons (Fsp3) is 0.778. The highest BCUT2D eigenvalue weighted by atomic mass is 16.7. The van der Waals surface area contributed by atoms with Crippen molar-refractivity contribution in [2.45, 2.75) is 103 Å². The van der Waals surface area contributed by atoms with Gasteiger partial charge in [0.05, 0.1) is 13.2 Å². The van der Waals surface area contributed by atoms with E-state index < -0.39 is 0 Å². The van der Waals surface area contributed by atoms with Gasteiger partial charge in [-0.3, -0.25) is 9.59 Å². The second-order valence-corrected chi connectivity index (χ2v) is 9.69. The summed E-state index contributed by atoms with van der Waals surface area (Å²) in [5.41, 5.74) is 1.46. The lowest BCUT2D eigenvalue weighted by Crippen LogP contribution is -2.30. The van der Waals surface area contributed by atoms with E-state index >= 15 is 0 Å². The Kier molecular flexibility index (Phi) is 10.5. The van der Waals surface area contributed by atoms with Crippen LogP contribution in [0, 0.1) is 17.8 Å². The van der Waals surface area contributed by atoms with Crippen molar-refractivity contribution in [3.63, 3.8) is 0 Å². The molecule has 3 aliphatic rings. The van der Waals surface area contributed by atoms with Crippen LogP contribution < -0.4 is 0 Å². The van der Waals surface area contributed by atoms with E-state index in [4.69, 9.17) is 14.2 Å². The van der Waals surface area contributed by atoms with Crippen LogP contribution in [0.5, 0.6) is 0 Å². The van der Waals surface area contributed by atoms with Gasteiger partial charge in [0.15, 0.2) is 12.1 Å². The number of rotatable bonds is 12. The maximum atomic E-state index is 12.4. The predicted molar refractivity (Wildman–Crippen MR) is 125 cm³/mol. The molecule has 5 nitrogen and oxygen atoms in total. The van der Waals surface area contributed by atoms with Gasteiger partial charge in [0, 0.05) is 25.4 Å². The van der Waals surface area contributed by atoms with Crippen LogP contribution in [-0.2, 0) is 23.8 Å². The molecule has 0 radical (unpaired) electrons. The predicted octanol–water partition coefficient (Wildman–Crippen LogP) is 5.92. The highest BCUT2D eigenvalue weighted by Gasteiger charge is 2.44. The van der Waals surface area contributed by atoms with E-state index in [2.05, 4.69) is 19.1 Å². The van der Waals surface area contributed by atoms with Crippen LogP contribution in [0.3, 0.4) is 0 Å². The first-order valence-electron chi connectivity index (χ1n) is 12.8. The molecule has 0 aromatic carbocycles. The molecule has 1 saturated carbocycles. The molecule has 3 unspecified atom stereocenters. The average molecular weight is 447 g/mol. The topological polar surface area (TPSA) is 61.8 Å². The number of unbranched alkanes of at least 4 members (excludes halogenated alkanes) is 2. The fourth-order valence-corrected chi connectivity index (χ4v) is 5.55. The smallest absolute Gasteiger partial charge is 0.305 e. The second kappa shape index (κ2) is 13.3. The second-order valence-electron chi connectivity index (χ2n) is 9.69. The first-order valence-corrected chi connectivity index (χ1v) is 12.8. The molecule has 2 aliphatic carbocycles. The molecule has 32 heavy (non-hydrogen) atoms. The van der Waals surface area contributed by atoms with Gasteiger partial charge in [0.25, 0.3) is 0 Å². The Labute approximate surface area is 193 Å². The maximum Gasteiger partial charge on any atom is 0.305 e. The Balaban J connectivity index is 1.62. The number of carbonyl (C=O) groups is 2. The molecule has 0 aromatic rings. The number of ether oxygens (including phenoxy) is 3. The van der Waals surface area contributed by atoms with Gasteiger partial charge >= 0.3 is 5.97 Å². The molecule has 5 atom stereocenters. The Morgan fingerprint density at radius 1 is 1.16 bits per heavy atom. The summed E-state index contributed by atoms with van der Waals surface area (Å²) in [6.45, 7) is 2.94. The maximum absolute atomic E-state index is 12.4. The number of esters is 1. The lowest BCUT2D eigenvalue weighted by Gasteiger charge is -2.30. The van der Waals surface area contributed by atoms with Gasteiger partial charge in [0.2, 0.25) is 0 Å². The molecular weight excluding hydrogens is 404 g/mol. The van der Waals surface area contributed by atoms with Gasteiger partial charge in [0.1, 0.15) is 0 Å². The summed E-state index contributed by atoms with van der Waals surface area (Å²) in [4.78, 5) is 23.8. The van der Waals surface area contributed by atoms with Crippen LogP contribution in [0.15, 0.2) is 23.8 Å². The lowest BCUT2D eigenvalue weighted by molar-refractivity contribution is -0.192. The van der Waals surface area contributed by atoms with E-state index in [0.717, 1.165) is 77.2 Å². The zero-order valence-corrected chi connectivity index (χ0v) is 20.1. The van der Waals surface area contributed by atoms with E-state index in [1.165, 1.54) is 12.7 Å². The summed E-state index contributed by atoms with van der Waals surface area (Å²) in [6, 6.07) is 0. The van der Waals surface area contributed by atoms with E-state index in [1.807, 2.05) is 6.08 Å². The molecule has 1 heterocycles. The third-order valence-electron chi connectivity index (χ3n) is 7.33. The molecule has 3 rings (SSSR count). The number of fused-ring (bicyclic) bond motifs is 1. The number of ketones is 1. The van der Waals surface area contributed by atoms with Gasteiger partial charge < -0.3 is 14.2 Å². The van der Waals surface area contributed by atoms with Crippen molar-refractivity contribution in [1.82, 2.24) is 0 Å². The molecule has 0 bridgehead atoms.